The number of nitrogens with zero attached hydrogens (tertiary/aromatic N) is 1. The lowest BCUT2D eigenvalue weighted by molar-refractivity contribution is 0.553. The third-order valence-corrected chi connectivity index (χ3v) is 5.55. The van der Waals surface area contributed by atoms with Crippen molar-refractivity contribution in [1.29, 1.82) is 0 Å². The molecule has 0 atom stereocenters. The molecule has 3 rings (SSSR count). The van der Waals surface area contributed by atoms with E-state index in [1.165, 1.54) is 6.07 Å². The Morgan fingerprint density at radius 3 is 2.52 bits per heavy atom. The maximum absolute atomic E-state index is 11.7. The molecule has 0 fully saturated rings. The van der Waals surface area contributed by atoms with Crippen LogP contribution in [0.25, 0.3) is 16.5 Å². The van der Waals surface area contributed by atoms with Crippen molar-refractivity contribution in [2.45, 2.75) is 33.2 Å². The highest BCUT2D eigenvalue weighted by Gasteiger charge is 2.33. The van der Waals surface area contributed by atoms with Gasteiger partial charge in [-0.05, 0) is 44.9 Å². The molecule has 1 aliphatic rings. The van der Waals surface area contributed by atoms with Crippen molar-refractivity contribution in [2.24, 2.45) is 0 Å². The van der Waals surface area contributed by atoms with Crippen LogP contribution in [0.5, 0.6) is 0 Å². The highest BCUT2D eigenvalue weighted by Crippen LogP contribution is 2.42. The van der Waals surface area contributed by atoms with Gasteiger partial charge in [-0.25, -0.2) is 13.2 Å². The van der Waals surface area contributed by atoms with Gasteiger partial charge >= 0.3 is 5.63 Å². The molecule has 0 N–H and O–H groups in total. The first kappa shape index (κ1) is 18.0. The first-order valence-electron chi connectivity index (χ1n) is 8.02. The largest absolute Gasteiger partial charge is 0.423 e. The topological polar surface area (TPSA) is 67.6 Å². The van der Waals surface area contributed by atoms with Gasteiger partial charge in [0.2, 0.25) is 9.05 Å². The average molecular weight is 382 g/mol. The molecule has 25 heavy (non-hydrogen) atoms. The highest BCUT2D eigenvalue weighted by molar-refractivity contribution is 8.14. The fraction of sp³-hybridized carbons (Fsp3) is 0.389. The lowest BCUT2D eigenvalue weighted by atomic mass is 9.87. The summed E-state index contributed by atoms with van der Waals surface area (Å²) in [6.07, 6.45) is 1.94. The predicted octanol–water partition coefficient (Wildman–Crippen LogP) is 3.67. The van der Waals surface area contributed by atoms with E-state index in [0.717, 1.165) is 28.7 Å². The molecule has 2 aromatic rings. The van der Waals surface area contributed by atoms with Crippen LogP contribution < -0.4 is 10.5 Å². The highest BCUT2D eigenvalue weighted by atomic mass is 35.7. The maximum atomic E-state index is 11.7. The van der Waals surface area contributed by atoms with Crippen LogP contribution in [0, 0.1) is 6.92 Å². The van der Waals surface area contributed by atoms with E-state index in [-0.39, 0.29) is 5.75 Å². The van der Waals surface area contributed by atoms with Crippen molar-refractivity contribution >= 4 is 42.0 Å². The number of halogens is 1. The fourth-order valence-corrected chi connectivity index (χ4v) is 4.57. The third-order valence-electron chi connectivity index (χ3n) is 4.57. The lowest BCUT2D eigenvalue weighted by Gasteiger charge is -2.43. The van der Waals surface area contributed by atoms with Gasteiger partial charge in [0.05, 0.1) is 11.3 Å². The summed E-state index contributed by atoms with van der Waals surface area (Å²) < 4.78 is 28.8. The van der Waals surface area contributed by atoms with Crippen LogP contribution in [0.4, 0.5) is 5.69 Å². The number of rotatable bonds is 3. The second kappa shape index (κ2) is 5.88. The molecule has 7 heteroatoms. The van der Waals surface area contributed by atoms with E-state index in [1.54, 1.807) is 0 Å². The zero-order valence-corrected chi connectivity index (χ0v) is 16.2. The lowest BCUT2D eigenvalue weighted by Crippen LogP contribution is -2.45. The second-order valence-electron chi connectivity index (χ2n) is 6.86. The van der Waals surface area contributed by atoms with Crippen molar-refractivity contribution in [3.05, 3.63) is 45.8 Å². The smallest absolute Gasteiger partial charge is 0.336 e. The summed E-state index contributed by atoms with van der Waals surface area (Å²) >= 11 is 0. The molecule has 1 aliphatic heterocycles. The normalized spacial score (nSPS) is 16.7. The Balaban J connectivity index is 2.36. The van der Waals surface area contributed by atoms with Crippen molar-refractivity contribution in [3.63, 3.8) is 0 Å². The van der Waals surface area contributed by atoms with E-state index >= 15 is 0 Å². The molecular formula is C18H20ClNO4S. The Morgan fingerprint density at radius 1 is 1.24 bits per heavy atom. The summed E-state index contributed by atoms with van der Waals surface area (Å²) in [6.45, 7) is 8.60. The Bertz CT molecular complexity index is 1050. The molecule has 0 bridgehead atoms. The van der Waals surface area contributed by atoms with Crippen LogP contribution in [-0.2, 0) is 9.05 Å². The standard InChI is InChI=1S/C18H20ClNO4S/c1-5-20-15-8-16-13(11(2)6-17(21)24-16)7-14(15)12(9-18(20,3)4)10-25(19,22)23/h6-9H,5,10H2,1-4H3. The molecule has 5 nitrogen and oxygen atoms in total. The predicted molar refractivity (Wildman–Crippen MR) is 102 cm³/mol. The molecule has 0 spiro atoms. The van der Waals surface area contributed by atoms with Crippen molar-refractivity contribution in [3.8, 4) is 0 Å². The Labute approximate surface area is 151 Å². The summed E-state index contributed by atoms with van der Waals surface area (Å²) in [5, 5.41) is 0.784. The molecule has 1 aromatic carbocycles. The van der Waals surface area contributed by atoms with Gasteiger partial charge in [-0.2, -0.15) is 0 Å². The molecule has 134 valence electrons. The van der Waals surface area contributed by atoms with Crippen LogP contribution >= 0.6 is 10.7 Å². The summed E-state index contributed by atoms with van der Waals surface area (Å²) in [5.74, 6) is -0.246. The second-order valence-corrected chi connectivity index (χ2v) is 9.64. The number of benzene rings is 1. The molecule has 0 amide bonds. The van der Waals surface area contributed by atoms with E-state index in [9.17, 15) is 13.2 Å². The van der Waals surface area contributed by atoms with Crippen LogP contribution in [-0.4, -0.2) is 26.3 Å². The van der Waals surface area contributed by atoms with Crippen LogP contribution in [0.1, 0.15) is 31.9 Å². The minimum Gasteiger partial charge on any atom is -0.423 e. The van der Waals surface area contributed by atoms with Gasteiger partial charge < -0.3 is 9.32 Å². The Kier molecular flexibility index (Phi) is 4.24. The monoisotopic (exact) mass is 381 g/mol. The van der Waals surface area contributed by atoms with Crippen molar-refractivity contribution in [2.75, 3.05) is 17.2 Å². The van der Waals surface area contributed by atoms with E-state index in [0.29, 0.717) is 11.2 Å². The van der Waals surface area contributed by atoms with Crippen LogP contribution in [0.3, 0.4) is 0 Å². The number of hydrogen-bond acceptors (Lipinski definition) is 5. The minimum absolute atomic E-state index is 0.246. The minimum atomic E-state index is -3.70. The SMILES string of the molecule is CCN1c2cc3oc(=O)cc(C)c3cc2C(CS(=O)(=O)Cl)=CC1(C)C. The number of anilines is 1. The zero-order chi connectivity index (χ0) is 18.6. The molecule has 0 radical (unpaired) electrons. The maximum Gasteiger partial charge on any atom is 0.336 e. The van der Waals surface area contributed by atoms with Gasteiger partial charge in [0.1, 0.15) is 5.58 Å². The third kappa shape index (κ3) is 3.33. The van der Waals surface area contributed by atoms with Crippen molar-refractivity contribution < 1.29 is 12.8 Å². The molecular weight excluding hydrogens is 362 g/mol. The summed E-state index contributed by atoms with van der Waals surface area (Å²) in [4.78, 5) is 13.9. The molecule has 1 aromatic heterocycles. The van der Waals surface area contributed by atoms with Gasteiger partial charge in [-0.3, -0.25) is 0 Å². The van der Waals surface area contributed by atoms with Crippen LogP contribution in [0.15, 0.2) is 33.5 Å². The first-order valence-corrected chi connectivity index (χ1v) is 10.5. The summed E-state index contributed by atoms with van der Waals surface area (Å²) in [6, 6.07) is 5.13. The number of aryl methyl sites for hydroxylation is 1. The van der Waals surface area contributed by atoms with Gasteiger partial charge in [0.25, 0.3) is 0 Å². The number of likely N-dealkylation sites (N-methyl/N-ethyl adjacent to an activating group) is 1. The van der Waals surface area contributed by atoms with E-state index in [2.05, 4.69) is 4.90 Å². The summed E-state index contributed by atoms with van der Waals surface area (Å²) in [7, 11) is 1.83. The van der Waals surface area contributed by atoms with E-state index in [4.69, 9.17) is 15.1 Å². The number of fused-ring (bicyclic) bond motifs is 2. The first-order chi connectivity index (χ1) is 11.5. The zero-order valence-electron chi connectivity index (χ0n) is 14.6. The average Bonchev–Trinajstić information content (AvgIpc) is 2.43. The molecule has 2 heterocycles. The van der Waals surface area contributed by atoms with Gasteiger partial charge in [0, 0.05) is 46.0 Å². The fourth-order valence-electron chi connectivity index (χ4n) is 3.61. The molecule has 0 unspecified atom stereocenters. The Hall–Kier alpha value is -1.79. The van der Waals surface area contributed by atoms with Gasteiger partial charge in [0.15, 0.2) is 0 Å². The van der Waals surface area contributed by atoms with E-state index in [1.807, 2.05) is 45.9 Å². The molecule has 0 aliphatic carbocycles. The quantitative estimate of drug-likeness (QED) is 0.599. The van der Waals surface area contributed by atoms with Crippen LogP contribution in [0.2, 0.25) is 0 Å². The molecule has 0 saturated carbocycles. The molecule has 0 saturated heterocycles. The number of hydrogen-bond donors (Lipinski definition) is 0. The van der Waals surface area contributed by atoms with E-state index < -0.39 is 20.2 Å². The van der Waals surface area contributed by atoms with Crippen molar-refractivity contribution in [1.82, 2.24) is 0 Å². The Morgan fingerprint density at radius 2 is 1.92 bits per heavy atom. The van der Waals surface area contributed by atoms with Gasteiger partial charge in [-0.1, -0.05) is 6.08 Å². The van der Waals surface area contributed by atoms with Gasteiger partial charge in [-0.15, -0.1) is 0 Å². The summed E-state index contributed by atoms with van der Waals surface area (Å²) in [5.41, 5.74) is 2.79.